The lowest BCUT2D eigenvalue weighted by Gasteiger charge is -2.34. The van der Waals surface area contributed by atoms with Crippen molar-refractivity contribution in [1.82, 2.24) is 14.5 Å². The number of nitrogens with zero attached hydrogens (tertiary/aromatic N) is 3. The molecule has 5 heteroatoms. The number of rotatable bonds is 2. The van der Waals surface area contributed by atoms with Crippen LogP contribution in [0.25, 0.3) is 11.4 Å². The molecule has 2 atom stereocenters. The van der Waals surface area contributed by atoms with Gasteiger partial charge in [-0.1, -0.05) is 32.4 Å². The summed E-state index contributed by atoms with van der Waals surface area (Å²) in [6, 6.07) is 6.54. The van der Waals surface area contributed by atoms with E-state index in [1.165, 1.54) is 18.6 Å². The lowest BCUT2D eigenvalue weighted by atomic mass is 9.91. The van der Waals surface area contributed by atoms with Gasteiger partial charge >= 0.3 is 0 Å². The van der Waals surface area contributed by atoms with E-state index < -0.39 is 0 Å². The van der Waals surface area contributed by atoms with Crippen LogP contribution in [0.4, 0.5) is 4.39 Å². The number of aromatic nitrogens is 2. The zero-order valence-electron chi connectivity index (χ0n) is 16.2. The van der Waals surface area contributed by atoms with Gasteiger partial charge in [0.1, 0.15) is 17.3 Å². The first-order valence-corrected chi connectivity index (χ1v) is 10.2. The minimum absolute atomic E-state index is 0.0432. The van der Waals surface area contributed by atoms with Crippen molar-refractivity contribution in [2.75, 3.05) is 13.1 Å². The van der Waals surface area contributed by atoms with Gasteiger partial charge in [-0.15, -0.1) is 0 Å². The molecule has 0 bridgehead atoms. The van der Waals surface area contributed by atoms with Crippen LogP contribution in [0, 0.1) is 17.7 Å². The summed E-state index contributed by atoms with van der Waals surface area (Å²) in [7, 11) is 0. The second-order valence-corrected chi connectivity index (χ2v) is 8.36. The Kier molecular flexibility index (Phi) is 5.02. The van der Waals surface area contributed by atoms with Crippen molar-refractivity contribution in [3.63, 3.8) is 0 Å². The summed E-state index contributed by atoms with van der Waals surface area (Å²) in [5.41, 5.74) is 2.36. The van der Waals surface area contributed by atoms with Crippen LogP contribution < -0.4 is 0 Å². The zero-order valence-corrected chi connectivity index (χ0v) is 16.2. The maximum Gasteiger partial charge on any atom is 0.274 e. The highest BCUT2D eigenvalue weighted by atomic mass is 19.1. The van der Waals surface area contributed by atoms with Gasteiger partial charge < -0.3 is 9.47 Å². The van der Waals surface area contributed by atoms with Crippen molar-refractivity contribution >= 4 is 5.91 Å². The predicted molar refractivity (Wildman–Crippen MR) is 104 cm³/mol. The molecule has 2 aliphatic rings. The molecular formula is C22H28FN3O. The number of halogens is 1. The van der Waals surface area contributed by atoms with Crippen LogP contribution in [0.3, 0.4) is 0 Å². The predicted octanol–water partition coefficient (Wildman–Crippen LogP) is 4.53. The van der Waals surface area contributed by atoms with E-state index in [9.17, 15) is 9.18 Å². The molecule has 4 nitrogen and oxygen atoms in total. The Morgan fingerprint density at radius 2 is 1.93 bits per heavy atom. The Morgan fingerprint density at radius 1 is 1.15 bits per heavy atom. The van der Waals surface area contributed by atoms with E-state index in [0.717, 1.165) is 62.4 Å². The molecule has 0 spiro atoms. The molecule has 144 valence electrons. The molecule has 27 heavy (non-hydrogen) atoms. The molecule has 1 aromatic heterocycles. The molecule has 0 unspecified atom stereocenters. The molecule has 0 radical (unpaired) electrons. The van der Waals surface area contributed by atoms with E-state index in [1.807, 2.05) is 11.0 Å². The van der Waals surface area contributed by atoms with Gasteiger partial charge in [-0.05, 0) is 49.7 Å². The van der Waals surface area contributed by atoms with Gasteiger partial charge in [-0.25, -0.2) is 9.37 Å². The Bertz CT molecular complexity index is 834. The number of piperidine rings is 1. The summed E-state index contributed by atoms with van der Waals surface area (Å²) in [5.74, 6) is 1.53. The second-order valence-electron chi connectivity index (χ2n) is 8.36. The minimum Gasteiger partial charge on any atom is -0.337 e. The van der Waals surface area contributed by atoms with E-state index in [4.69, 9.17) is 4.98 Å². The first-order chi connectivity index (χ1) is 13.0. The number of benzene rings is 1. The topological polar surface area (TPSA) is 38.1 Å². The van der Waals surface area contributed by atoms with E-state index in [1.54, 1.807) is 6.07 Å². The first kappa shape index (κ1) is 18.2. The van der Waals surface area contributed by atoms with Gasteiger partial charge in [0.2, 0.25) is 0 Å². The SMILES string of the molecule is C[C@@H]1C[C@@H](C)CN(C(=O)c2nc(-c3cccc(F)c3)n3c2CCCCC3)C1. The van der Waals surface area contributed by atoms with E-state index in [0.29, 0.717) is 17.5 Å². The monoisotopic (exact) mass is 369 g/mol. The fourth-order valence-electron chi connectivity index (χ4n) is 4.72. The zero-order chi connectivity index (χ0) is 19.0. The van der Waals surface area contributed by atoms with Crippen LogP contribution in [0.5, 0.6) is 0 Å². The van der Waals surface area contributed by atoms with Crippen LogP contribution >= 0.6 is 0 Å². The number of imidazole rings is 1. The standard InChI is InChI=1S/C22H28FN3O/c1-15-11-16(2)14-25(13-15)22(27)20-19-9-4-3-5-10-26(19)21(24-20)17-7-6-8-18(23)12-17/h6-8,12,15-16H,3-5,9-11,13-14H2,1-2H3/t15-,16-/m1/s1. The second kappa shape index (κ2) is 7.45. The molecule has 2 aromatic rings. The Balaban J connectivity index is 1.75. The average Bonchev–Trinajstić information content (AvgIpc) is 2.81. The smallest absolute Gasteiger partial charge is 0.274 e. The van der Waals surface area contributed by atoms with Gasteiger partial charge in [0.25, 0.3) is 5.91 Å². The highest BCUT2D eigenvalue weighted by molar-refractivity contribution is 5.94. The molecule has 2 aliphatic heterocycles. The number of hydrogen-bond donors (Lipinski definition) is 0. The van der Waals surface area contributed by atoms with E-state index >= 15 is 0 Å². The number of fused-ring (bicyclic) bond motifs is 1. The molecule has 3 heterocycles. The molecular weight excluding hydrogens is 341 g/mol. The number of carbonyl (C=O) groups excluding carboxylic acids is 1. The molecule has 1 fully saturated rings. The minimum atomic E-state index is -0.273. The molecule has 0 N–H and O–H groups in total. The summed E-state index contributed by atoms with van der Waals surface area (Å²) < 4.78 is 16.0. The van der Waals surface area contributed by atoms with Crippen molar-refractivity contribution in [2.24, 2.45) is 11.8 Å². The fourth-order valence-corrected chi connectivity index (χ4v) is 4.72. The fraction of sp³-hybridized carbons (Fsp3) is 0.545. The third-order valence-electron chi connectivity index (χ3n) is 5.81. The number of hydrogen-bond acceptors (Lipinski definition) is 2. The summed E-state index contributed by atoms with van der Waals surface area (Å²) in [6.45, 7) is 6.85. The van der Waals surface area contributed by atoms with Gasteiger partial charge in [-0.3, -0.25) is 4.79 Å². The normalized spacial score (nSPS) is 23.0. The molecule has 0 aliphatic carbocycles. The molecule has 1 amide bonds. The Hall–Kier alpha value is -2.17. The van der Waals surface area contributed by atoms with Crippen LogP contribution in [0.2, 0.25) is 0 Å². The third-order valence-corrected chi connectivity index (χ3v) is 5.81. The van der Waals surface area contributed by atoms with Crippen molar-refractivity contribution < 1.29 is 9.18 Å². The maximum atomic E-state index is 13.8. The molecule has 4 rings (SSSR count). The van der Waals surface area contributed by atoms with Gasteiger partial charge in [0.15, 0.2) is 0 Å². The first-order valence-electron chi connectivity index (χ1n) is 10.2. The average molecular weight is 369 g/mol. The highest BCUT2D eigenvalue weighted by Gasteiger charge is 2.31. The number of amides is 1. The van der Waals surface area contributed by atoms with Crippen LogP contribution in [-0.4, -0.2) is 33.4 Å². The summed E-state index contributed by atoms with van der Waals surface area (Å²) >= 11 is 0. The summed E-state index contributed by atoms with van der Waals surface area (Å²) in [6.07, 6.45) is 5.32. The van der Waals surface area contributed by atoms with E-state index in [2.05, 4.69) is 18.4 Å². The summed E-state index contributed by atoms with van der Waals surface area (Å²) in [4.78, 5) is 20.1. The van der Waals surface area contributed by atoms with Crippen LogP contribution in [0.1, 0.15) is 55.7 Å². The number of likely N-dealkylation sites (tertiary alicyclic amines) is 1. The molecule has 0 saturated carbocycles. The maximum absolute atomic E-state index is 13.8. The Morgan fingerprint density at radius 3 is 2.67 bits per heavy atom. The van der Waals surface area contributed by atoms with Gasteiger partial charge in [0, 0.05) is 25.2 Å². The largest absolute Gasteiger partial charge is 0.337 e. The van der Waals surface area contributed by atoms with Crippen molar-refractivity contribution in [2.45, 2.75) is 52.5 Å². The van der Waals surface area contributed by atoms with Gasteiger partial charge in [0.05, 0.1) is 5.69 Å². The van der Waals surface area contributed by atoms with Crippen molar-refractivity contribution in [1.29, 1.82) is 0 Å². The quantitative estimate of drug-likeness (QED) is 0.780. The van der Waals surface area contributed by atoms with Crippen molar-refractivity contribution in [3.8, 4) is 11.4 Å². The highest BCUT2D eigenvalue weighted by Crippen LogP contribution is 2.30. The van der Waals surface area contributed by atoms with Gasteiger partial charge in [-0.2, -0.15) is 0 Å². The molecule has 1 aromatic carbocycles. The lowest BCUT2D eigenvalue weighted by Crippen LogP contribution is -2.43. The van der Waals surface area contributed by atoms with E-state index in [-0.39, 0.29) is 11.7 Å². The number of carbonyl (C=O) groups is 1. The summed E-state index contributed by atoms with van der Waals surface area (Å²) in [5, 5.41) is 0. The van der Waals surface area contributed by atoms with Crippen LogP contribution in [-0.2, 0) is 13.0 Å². The van der Waals surface area contributed by atoms with Crippen LogP contribution in [0.15, 0.2) is 24.3 Å². The lowest BCUT2D eigenvalue weighted by molar-refractivity contribution is 0.0616. The van der Waals surface area contributed by atoms with Crippen molar-refractivity contribution in [3.05, 3.63) is 41.5 Å². The molecule has 1 saturated heterocycles. The Labute approximate surface area is 160 Å². The third kappa shape index (κ3) is 3.64.